The van der Waals surface area contributed by atoms with E-state index >= 15 is 0 Å². The summed E-state index contributed by atoms with van der Waals surface area (Å²) in [6.45, 7) is 0.507. The average Bonchev–Trinajstić information content (AvgIpc) is 3.32. The summed E-state index contributed by atoms with van der Waals surface area (Å²) in [5, 5.41) is 4.48. The average molecular weight is 435 g/mol. The van der Waals surface area contributed by atoms with Crippen molar-refractivity contribution in [2.45, 2.75) is 6.61 Å². The summed E-state index contributed by atoms with van der Waals surface area (Å²) in [5.74, 6) is 0.283. The molecule has 0 unspecified atom stereocenters. The van der Waals surface area contributed by atoms with Crippen LogP contribution in [0.3, 0.4) is 0 Å². The fourth-order valence-corrected chi connectivity index (χ4v) is 3.69. The van der Waals surface area contributed by atoms with Crippen LogP contribution in [-0.4, -0.2) is 27.7 Å². The lowest BCUT2D eigenvalue weighted by molar-refractivity contribution is 0.0593. The van der Waals surface area contributed by atoms with Gasteiger partial charge in [-0.1, -0.05) is 72.8 Å². The maximum Gasteiger partial charge on any atom is 0.358 e. The summed E-state index contributed by atoms with van der Waals surface area (Å²) in [6, 6.07) is 29.5. The van der Waals surface area contributed by atoms with E-state index in [1.807, 2.05) is 84.9 Å². The smallest absolute Gasteiger partial charge is 0.358 e. The highest BCUT2D eigenvalue weighted by molar-refractivity contribution is 5.89. The zero-order valence-electron chi connectivity index (χ0n) is 18.0. The minimum absolute atomic E-state index is 0.212. The first-order valence-electron chi connectivity index (χ1n) is 10.5. The minimum atomic E-state index is -0.499. The molecule has 0 amide bonds. The van der Waals surface area contributed by atoms with Crippen molar-refractivity contribution in [2.24, 2.45) is 0 Å². The number of hydrogen-bond donors (Lipinski definition) is 0. The monoisotopic (exact) mass is 435 g/mol. The standard InChI is InChI=1S/C27H21N3O3/c1-32-27(31)24-16-25-28-17-23(26(30(25)29-24)21-10-6-3-7-11-21)20-12-14-22(15-13-20)33-18-19-8-4-2-5-9-19/h2-17H,18H2,1H3. The molecule has 6 heteroatoms. The highest BCUT2D eigenvalue weighted by atomic mass is 16.5. The zero-order chi connectivity index (χ0) is 22.6. The van der Waals surface area contributed by atoms with Gasteiger partial charge in [0.2, 0.25) is 0 Å². The van der Waals surface area contributed by atoms with E-state index in [0.29, 0.717) is 12.3 Å². The number of carbonyl (C=O) groups excluding carboxylic acids is 1. The Morgan fingerprint density at radius 1 is 0.879 bits per heavy atom. The molecule has 6 nitrogen and oxygen atoms in total. The second-order valence-corrected chi connectivity index (χ2v) is 7.48. The Kier molecular flexibility index (Phi) is 5.55. The maximum atomic E-state index is 12.0. The van der Waals surface area contributed by atoms with Crippen molar-refractivity contribution >= 4 is 11.6 Å². The van der Waals surface area contributed by atoms with Crippen molar-refractivity contribution in [3.8, 4) is 28.1 Å². The van der Waals surface area contributed by atoms with Crippen LogP contribution in [0.25, 0.3) is 28.0 Å². The summed E-state index contributed by atoms with van der Waals surface area (Å²) in [4.78, 5) is 16.6. The summed E-state index contributed by atoms with van der Waals surface area (Å²) in [5.41, 5.74) is 5.55. The third kappa shape index (κ3) is 4.19. The lowest BCUT2D eigenvalue weighted by atomic mass is 10.0. The first-order valence-corrected chi connectivity index (χ1v) is 10.5. The van der Waals surface area contributed by atoms with E-state index in [4.69, 9.17) is 9.47 Å². The summed E-state index contributed by atoms with van der Waals surface area (Å²) >= 11 is 0. The van der Waals surface area contributed by atoms with Crippen LogP contribution in [0.5, 0.6) is 5.75 Å². The molecule has 0 radical (unpaired) electrons. The van der Waals surface area contributed by atoms with Gasteiger partial charge in [-0.05, 0) is 23.3 Å². The molecule has 0 aliphatic carbocycles. The van der Waals surface area contributed by atoms with E-state index in [-0.39, 0.29) is 5.69 Å². The van der Waals surface area contributed by atoms with Crippen molar-refractivity contribution in [2.75, 3.05) is 7.11 Å². The van der Waals surface area contributed by atoms with Gasteiger partial charge in [0.15, 0.2) is 11.3 Å². The van der Waals surface area contributed by atoms with E-state index in [1.165, 1.54) is 7.11 Å². The van der Waals surface area contributed by atoms with Crippen LogP contribution in [0.15, 0.2) is 97.2 Å². The summed E-state index contributed by atoms with van der Waals surface area (Å²) in [7, 11) is 1.34. The molecule has 0 aliphatic rings. The largest absolute Gasteiger partial charge is 0.489 e. The number of methoxy groups -OCH3 is 1. The molecule has 0 spiro atoms. The van der Waals surface area contributed by atoms with E-state index in [1.54, 1.807) is 16.8 Å². The van der Waals surface area contributed by atoms with Gasteiger partial charge in [0, 0.05) is 23.4 Å². The van der Waals surface area contributed by atoms with Gasteiger partial charge in [0.1, 0.15) is 12.4 Å². The molecule has 0 atom stereocenters. The highest BCUT2D eigenvalue weighted by Gasteiger charge is 2.18. The lowest BCUT2D eigenvalue weighted by Gasteiger charge is -2.13. The third-order valence-electron chi connectivity index (χ3n) is 5.34. The van der Waals surface area contributed by atoms with Crippen LogP contribution in [0, 0.1) is 0 Å². The van der Waals surface area contributed by atoms with Crippen LogP contribution in [0.4, 0.5) is 0 Å². The molecule has 5 rings (SSSR count). The predicted octanol–water partition coefficient (Wildman–Crippen LogP) is 5.43. The van der Waals surface area contributed by atoms with E-state index in [0.717, 1.165) is 33.7 Å². The molecule has 0 bridgehead atoms. The molecule has 0 aliphatic heterocycles. The summed E-state index contributed by atoms with van der Waals surface area (Å²) in [6.07, 6.45) is 1.81. The SMILES string of the molecule is COC(=O)c1cc2ncc(-c3ccc(OCc4ccccc4)cc3)c(-c3ccccc3)n2n1. The number of fused-ring (bicyclic) bond motifs is 1. The Morgan fingerprint density at radius 3 is 2.27 bits per heavy atom. The van der Waals surface area contributed by atoms with Crippen molar-refractivity contribution in [1.82, 2.24) is 14.6 Å². The fraction of sp³-hybridized carbons (Fsp3) is 0.0741. The number of aromatic nitrogens is 3. The van der Waals surface area contributed by atoms with Crippen molar-refractivity contribution < 1.29 is 14.3 Å². The quantitative estimate of drug-likeness (QED) is 0.333. The van der Waals surface area contributed by atoms with Crippen molar-refractivity contribution in [3.63, 3.8) is 0 Å². The molecule has 0 fully saturated rings. The van der Waals surface area contributed by atoms with Gasteiger partial charge < -0.3 is 9.47 Å². The molecular weight excluding hydrogens is 414 g/mol. The van der Waals surface area contributed by atoms with Gasteiger partial charge in [-0.15, -0.1) is 0 Å². The Hall–Kier alpha value is -4.45. The molecule has 0 saturated heterocycles. The van der Waals surface area contributed by atoms with E-state index in [9.17, 15) is 4.79 Å². The topological polar surface area (TPSA) is 65.7 Å². The van der Waals surface area contributed by atoms with Crippen LogP contribution in [0.1, 0.15) is 16.1 Å². The Morgan fingerprint density at radius 2 is 1.58 bits per heavy atom. The summed E-state index contributed by atoms with van der Waals surface area (Å²) < 4.78 is 12.5. The van der Waals surface area contributed by atoms with Gasteiger partial charge in [-0.25, -0.2) is 14.3 Å². The minimum Gasteiger partial charge on any atom is -0.489 e. The number of hydrogen-bond acceptors (Lipinski definition) is 5. The number of carbonyl (C=O) groups is 1. The van der Waals surface area contributed by atoms with Gasteiger partial charge in [0.25, 0.3) is 0 Å². The Bertz CT molecular complexity index is 1400. The van der Waals surface area contributed by atoms with Crippen molar-refractivity contribution in [3.05, 3.63) is 108 Å². The second kappa shape index (κ2) is 8.96. The number of ether oxygens (including phenoxy) is 2. The van der Waals surface area contributed by atoms with Gasteiger partial charge in [-0.3, -0.25) is 0 Å². The molecule has 0 N–H and O–H groups in total. The van der Waals surface area contributed by atoms with Crippen LogP contribution < -0.4 is 4.74 Å². The molecule has 5 aromatic rings. The van der Waals surface area contributed by atoms with E-state index in [2.05, 4.69) is 10.1 Å². The number of rotatable bonds is 6. The predicted molar refractivity (Wildman–Crippen MR) is 126 cm³/mol. The second-order valence-electron chi connectivity index (χ2n) is 7.48. The third-order valence-corrected chi connectivity index (χ3v) is 5.34. The molecular formula is C27H21N3O3. The molecule has 2 aromatic heterocycles. The number of benzene rings is 3. The Balaban J connectivity index is 1.54. The maximum absolute atomic E-state index is 12.0. The molecule has 2 heterocycles. The molecule has 0 saturated carbocycles. The molecule has 33 heavy (non-hydrogen) atoms. The lowest BCUT2D eigenvalue weighted by Crippen LogP contribution is -2.04. The van der Waals surface area contributed by atoms with Crippen LogP contribution in [0.2, 0.25) is 0 Å². The van der Waals surface area contributed by atoms with E-state index < -0.39 is 5.97 Å². The van der Waals surface area contributed by atoms with Gasteiger partial charge in [0.05, 0.1) is 12.8 Å². The first-order chi connectivity index (χ1) is 16.2. The first kappa shape index (κ1) is 20.5. The highest BCUT2D eigenvalue weighted by Crippen LogP contribution is 2.33. The normalized spacial score (nSPS) is 10.8. The number of esters is 1. The van der Waals surface area contributed by atoms with Crippen LogP contribution >= 0.6 is 0 Å². The zero-order valence-corrected chi connectivity index (χ0v) is 18.0. The fourth-order valence-electron chi connectivity index (χ4n) is 3.69. The van der Waals surface area contributed by atoms with Gasteiger partial charge in [-0.2, -0.15) is 5.10 Å². The van der Waals surface area contributed by atoms with Gasteiger partial charge >= 0.3 is 5.97 Å². The Labute approximate surface area is 191 Å². The van der Waals surface area contributed by atoms with Crippen LogP contribution in [-0.2, 0) is 11.3 Å². The molecule has 162 valence electrons. The van der Waals surface area contributed by atoms with Crippen molar-refractivity contribution in [1.29, 1.82) is 0 Å². The molecule has 3 aromatic carbocycles. The number of nitrogens with zero attached hydrogens (tertiary/aromatic N) is 3.